The van der Waals surface area contributed by atoms with Gasteiger partial charge in [0.05, 0.1) is 17.6 Å². The molecule has 2 saturated carbocycles. The Bertz CT molecular complexity index is 1340. The Balaban J connectivity index is 1.44. The Morgan fingerprint density at radius 3 is 2.36 bits per heavy atom. The van der Waals surface area contributed by atoms with E-state index in [-0.39, 0.29) is 51.3 Å². The molecule has 0 aliphatic heterocycles. The van der Waals surface area contributed by atoms with Crippen LogP contribution >= 0.6 is 0 Å². The van der Waals surface area contributed by atoms with E-state index in [1.165, 1.54) is 23.3 Å². The number of carbonyl (C=O) groups is 2. The summed E-state index contributed by atoms with van der Waals surface area (Å²) >= 11 is 0. The summed E-state index contributed by atoms with van der Waals surface area (Å²) in [6.07, 6.45) is 8.70. The molecular weight excluding hydrogens is 528 g/mol. The number of ether oxygens (including phenoxy) is 1. The van der Waals surface area contributed by atoms with Crippen LogP contribution in [0.2, 0.25) is 0 Å². The fraction of sp³-hybridized carbons (Fsp3) is 0.611. The zero-order valence-electron chi connectivity index (χ0n) is 26.1. The summed E-state index contributed by atoms with van der Waals surface area (Å²) < 4.78 is 6.13. The Kier molecular flexibility index (Phi) is 7.57. The number of benzene rings is 1. The number of esters is 1. The number of aromatic hydroxyl groups is 1. The molecule has 1 aromatic carbocycles. The Hall–Kier alpha value is -2.86. The summed E-state index contributed by atoms with van der Waals surface area (Å²) in [6, 6.07) is 6.19. The van der Waals surface area contributed by atoms with Crippen LogP contribution in [0.1, 0.15) is 96.8 Å². The van der Waals surface area contributed by atoms with E-state index in [2.05, 4.69) is 53.3 Å². The number of fused-ring (bicyclic) bond motifs is 5. The lowest BCUT2D eigenvalue weighted by molar-refractivity contribution is -0.148. The number of hydrogen-bond donors (Lipinski definition) is 3. The summed E-state index contributed by atoms with van der Waals surface area (Å²) in [5.74, 6) is -1.79. The van der Waals surface area contributed by atoms with Crippen molar-refractivity contribution in [1.82, 2.24) is 0 Å². The van der Waals surface area contributed by atoms with Gasteiger partial charge in [0.15, 0.2) is 0 Å². The van der Waals surface area contributed by atoms with Gasteiger partial charge in [-0.3, -0.25) is 4.79 Å². The molecule has 6 heteroatoms. The largest absolute Gasteiger partial charge is 0.508 e. The van der Waals surface area contributed by atoms with Crippen molar-refractivity contribution in [3.8, 4) is 5.75 Å². The second kappa shape index (κ2) is 10.4. The molecular formula is C36H48O6. The highest BCUT2D eigenvalue weighted by atomic mass is 16.5. The highest BCUT2D eigenvalue weighted by molar-refractivity contribution is 5.89. The molecule has 0 amide bonds. The van der Waals surface area contributed by atoms with Crippen molar-refractivity contribution < 1.29 is 29.6 Å². The van der Waals surface area contributed by atoms with Gasteiger partial charge >= 0.3 is 11.9 Å². The lowest BCUT2D eigenvalue weighted by atomic mass is 9.44. The van der Waals surface area contributed by atoms with E-state index in [0.29, 0.717) is 24.8 Å². The number of carboxylic acid groups (broad SMARTS) is 1. The van der Waals surface area contributed by atoms with Crippen LogP contribution in [0.5, 0.6) is 5.75 Å². The first kappa shape index (κ1) is 30.6. The van der Waals surface area contributed by atoms with Gasteiger partial charge in [-0.2, -0.15) is 0 Å². The van der Waals surface area contributed by atoms with Crippen LogP contribution in [-0.2, 0) is 9.53 Å². The van der Waals surface area contributed by atoms with Gasteiger partial charge in [0, 0.05) is 16.7 Å². The fourth-order valence-corrected chi connectivity index (χ4v) is 9.67. The molecule has 42 heavy (non-hydrogen) atoms. The summed E-state index contributed by atoms with van der Waals surface area (Å²) in [4.78, 5) is 25.6. The van der Waals surface area contributed by atoms with E-state index in [1.54, 1.807) is 12.1 Å². The van der Waals surface area contributed by atoms with Crippen LogP contribution in [0, 0.1) is 39.4 Å². The summed E-state index contributed by atoms with van der Waals surface area (Å²) in [7, 11) is 0. The normalized spacial score (nSPS) is 37.3. The Morgan fingerprint density at radius 2 is 1.74 bits per heavy atom. The average Bonchev–Trinajstić information content (AvgIpc) is 3.11. The molecule has 228 valence electrons. The van der Waals surface area contributed by atoms with Gasteiger partial charge < -0.3 is 20.1 Å². The number of phenols is 1. The lowest BCUT2D eigenvalue weighted by Crippen LogP contribution is -2.55. The highest BCUT2D eigenvalue weighted by Gasteiger charge is 2.66. The monoisotopic (exact) mass is 576 g/mol. The number of allylic oxidation sites excluding steroid dienone is 5. The topological polar surface area (TPSA) is 104 Å². The third kappa shape index (κ3) is 4.56. The van der Waals surface area contributed by atoms with Crippen molar-refractivity contribution in [1.29, 1.82) is 0 Å². The van der Waals surface area contributed by atoms with Crippen LogP contribution in [0.25, 0.3) is 0 Å². The van der Waals surface area contributed by atoms with E-state index in [4.69, 9.17) is 4.74 Å². The van der Waals surface area contributed by atoms with Crippen molar-refractivity contribution in [2.45, 2.75) is 98.7 Å². The van der Waals surface area contributed by atoms with Crippen LogP contribution in [0.4, 0.5) is 0 Å². The quantitative estimate of drug-likeness (QED) is 0.230. The summed E-state index contributed by atoms with van der Waals surface area (Å²) in [5.41, 5.74) is 2.92. The van der Waals surface area contributed by atoms with Crippen LogP contribution in [0.3, 0.4) is 0 Å². The van der Waals surface area contributed by atoms with Crippen molar-refractivity contribution in [3.05, 3.63) is 65.3 Å². The van der Waals surface area contributed by atoms with Crippen LogP contribution < -0.4 is 0 Å². The van der Waals surface area contributed by atoms with Crippen molar-refractivity contribution in [2.24, 2.45) is 39.4 Å². The molecule has 0 saturated heterocycles. The maximum Gasteiger partial charge on any atom is 0.338 e. The number of carbonyl (C=O) groups excluding carboxylic acids is 1. The number of rotatable bonds is 7. The molecule has 0 radical (unpaired) electrons. The smallest absolute Gasteiger partial charge is 0.338 e. The average molecular weight is 577 g/mol. The van der Waals surface area contributed by atoms with E-state index < -0.39 is 18.0 Å². The first-order valence-corrected chi connectivity index (χ1v) is 15.5. The third-order valence-corrected chi connectivity index (χ3v) is 12.2. The highest BCUT2D eigenvalue weighted by Crippen LogP contribution is 2.72. The molecule has 0 bridgehead atoms. The second-order valence-corrected chi connectivity index (χ2v) is 14.9. The van der Waals surface area contributed by atoms with Crippen LogP contribution in [-0.4, -0.2) is 39.5 Å². The maximum absolute atomic E-state index is 13.0. The van der Waals surface area contributed by atoms with Crippen molar-refractivity contribution >= 4 is 11.9 Å². The minimum absolute atomic E-state index is 0.113. The fourth-order valence-electron chi connectivity index (χ4n) is 9.67. The molecule has 4 aliphatic carbocycles. The van der Waals surface area contributed by atoms with Gasteiger partial charge in [-0.15, -0.1) is 6.58 Å². The third-order valence-electron chi connectivity index (χ3n) is 12.2. The van der Waals surface area contributed by atoms with Crippen molar-refractivity contribution in [3.63, 3.8) is 0 Å². The Labute approximate surface area is 250 Å². The first-order valence-electron chi connectivity index (χ1n) is 15.5. The van der Waals surface area contributed by atoms with Gasteiger partial charge in [-0.05, 0) is 104 Å². The van der Waals surface area contributed by atoms with E-state index >= 15 is 0 Å². The van der Waals surface area contributed by atoms with E-state index in [0.717, 1.165) is 31.3 Å². The maximum atomic E-state index is 13.0. The number of aliphatic carboxylic acids is 1. The summed E-state index contributed by atoms with van der Waals surface area (Å²) in [5, 5.41) is 31.4. The molecule has 3 N–H and O–H groups in total. The first-order chi connectivity index (χ1) is 19.6. The molecule has 0 spiro atoms. The SMILES string of the molecule is C=C(C)CC[C@@H](C(=O)O)[C@H]1[C@H](O)C[C@@]2(C)C3=CC[C@H]4C(C)(C)[C@@H](OC(=O)c5ccc(O)cc5)CC[C@]4(C)C3=CC[C@]12C. The van der Waals surface area contributed by atoms with Gasteiger partial charge in [0.2, 0.25) is 0 Å². The number of phenolic OH excluding ortho intramolecular Hbond substituents is 1. The summed E-state index contributed by atoms with van der Waals surface area (Å²) in [6.45, 7) is 17.2. The zero-order valence-corrected chi connectivity index (χ0v) is 26.1. The van der Waals surface area contributed by atoms with Gasteiger partial charge in [-0.25, -0.2) is 4.79 Å². The lowest BCUT2D eigenvalue weighted by Gasteiger charge is -2.61. The minimum Gasteiger partial charge on any atom is -0.508 e. The Morgan fingerprint density at radius 1 is 1.07 bits per heavy atom. The van der Waals surface area contributed by atoms with Gasteiger partial charge in [-0.1, -0.05) is 52.3 Å². The molecule has 1 aromatic rings. The molecule has 4 aliphatic rings. The molecule has 8 atom stereocenters. The van der Waals surface area contributed by atoms with Gasteiger partial charge in [0.25, 0.3) is 0 Å². The minimum atomic E-state index is -0.827. The number of aliphatic hydroxyl groups excluding tert-OH is 1. The molecule has 0 unspecified atom stereocenters. The zero-order chi connectivity index (χ0) is 30.8. The number of hydrogen-bond acceptors (Lipinski definition) is 5. The number of aliphatic hydroxyl groups is 1. The van der Waals surface area contributed by atoms with Gasteiger partial charge in [0.1, 0.15) is 11.9 Å². The van der Waals surface area contributed by atoms with Crippen molar-refractivity contribution in [2.75, 3.05) is 0 Å². The number of carboxylic acids is 1. The predicted octanol–water partition coefficient (Wildman–Crippen LogP) is 7.47. The molecule has 6 nitrogen and oxygen atoms in total. The molecule has 2 fully saturated rings. The molecule has 0 aromatic heterocycles. The molecule has 5 rings (SSSR count). The predicted molar refractivity (Wildman–Crippen MR) is 163 cm³/mol. The standard InChI is InChI=1S/C36H48O6/c1-21(2)8-13-24(31(39)40)30-27(38)20-36(7)26-14-15-28-33(3,4)29(42-32(41)22-9-11-23(37)12-10-22)17-18-34(28,5)25(26)16-19-35(30,36)6/h9-12,14,16,24,27-30,37-38H,1,8,13,15,17-20H2,2-7H3,(H,39,40)/t24-,27-,28+,29+,30+,34-,35-,36+/m1/s1. The van der Waals surface area contributed by atoms with E-state index in [1.807, 2.05) is 6.92 Å². The second-order valence-electron chi connectivity index (χ2n) is 14.9. The molecule has 0 heterocycles. The van der Waals surface area contributed by atoms with E-state index in [9.17, 15) is 24.9 Å². The van der Waals surface area contributed by atoms with Crippen LogP contribution in [0.15, 0.2) is 59.7 Å².